The van der Waals surface area contributed by atoms with Crippen molar-refractivity contribution < 1.29 is 5.11 Å². The molecule has 0 amide bonds. The van der Waals surface area contributed by atoms with Crippen molar-refractivity contribution in [1.29, 1.82) is 0 Å². The molecule has 2 aromatic rings. The van der Waals surface area contributed by atoms with Crippen LogP contribution in [0.4, 0.5) is 5.69 Å². The second kappa shape index (κ2) is 6.22. The summed E-state index contributed by atoms with van der Waals surface area (Å²) in [6.45, 7) is 4.22. The summed E-state index contributed by atoms with van der Waals surface area (Å²) in [4.78, 5) is 0. The Kier molecular flexibility index (Phi) is 4.61. The second-order valence-corrected chi connectivity index (χ2v) is 5.72. The second-order valence-electron chi connectivity index (χ2n) is 4.81. The Bertz CT molecular complexity index is 531. The Balaban J connectivity index is 2.22. The van der Waals surface area contributed by atoms with Crippen molar-refractivity contribution in [2.45, 2.75) is 19.9 Å². The zero-order chi connectivity index (χ0) is 13.8. The minimum absolute atomic E-state index is 0.0684. The molecule has 2 aromatic carbocycles. The summed E-state index contributed by atoms with van der Waals surface area (Å²) in [5.41, 5.74) is 4.54. The van der Waals surface area contributed by atoms with E-state index in [9.17, 15) is 5.11 Å². The van der Waals surface area contributed by atoms with Crippen LogP contribution < -0.4 is 5.32 Å². The molecule has 0 radical (unpaired) electrons. The van der Waals surface area contributed by atoms with Crippen LogP contribution in [0.2, 0.25) is 0 Å². The zero-order valence-corrected chi connectivity index (χ0v) is 12.7. The number of hydrogen-bond donors (Lipinski definition) is 2. The molecule has 2 nitrogen and oxygen atoms in total. The largest absolute Gasteiger partial charge is 0.394 e. The van der Waals surface area contributed by atoms with E-state index >= 15 is 0 Å². The van der Waals surface area contributed by atoms with Gasteiger partial charge in [0, 0.05) is 10.2 Å². The van der Waals surface area contributed by atoms with Gasteiger partial charge < -0.3 is 10.4 Å². The van der Waals surface area contributed by atoms with E-state index in [2.05, 4.69) is 53.3 Å². The van der Waals surface area contributed by atoms with Gasteiger partial charge >= 0.3 is 0 Å². The zero-order valence-electron chi connectivity index (χ0n) is 11.2. The van der Waals surface area contributed by atoms with Gasteiger partial charge in [0.05, 0.1) is 12.6 Å². The minimum atomic E-state index is -0.0835. The maximum Gasteiger partial charge on any atom is 0.0745 e. The molecule has 19 heavy (non-hydrogen) atoms. The molecular formula is C16H18BrNO. The maximum atomic E-state index is 9.61. The number of benzene rings is 2. The molecule has 0 spiro atoms. The monoisotopic (exact) mass is 319 g/mol. The molecule has 0 fully saturated rings. The number of rotatable bonds is 4. The Labute approximate surface area is 122 Å². The first kappa shape index (κ1) is 14.1. The minimum Gasteiger partial charge on any atom is -0.394 e. The number of anilines is 1. The van der Waals surface area contributed by atoms with E-state index in [1.54, 1.807) is 0 Å². The molecule has 1 unspecified atom stereocenters. The van der Waals surface area contributed by atoms with Gasteiger partial charge in [-0.1, -0.05) is 45.3 Å². The quantitative estimate of drug-likeness (QED) is 0.884. The molecule has 0 saturated heterocycles. The van der Waals surface area contributed by atoms with E-state index in [1.807, 2.05) is 24.3 Å². The average Bonchev–Trinajstić information content (AvgIpc) is 2.37. The van der Waals surface area contributed by atoms with E-state index in [1.165, 1.54) is 11.1 Å². The summed E-state index contributed by atoms with van der Waals surface area (Å²) in [6, 6.07) is 14.2. The molecular weight excluding hydrogens is 302 g/mol. The standard InChI is InChI=1S/C16H18BrNO/c1-11-7-12(2)9-13(8-11)16(10-19)18-15-5-3-14(17)4-6-15/h3-9,16,18-19H,10H2,1-2H3. The van der Waals surface area contributed by atoms with Gasteiger partial charge in [-0.15, -0.1) is 0 Å². The van der Waals surface area contributed by atoms with Crippen LogP contribution in [-0.2, 0) is 0 Å². The van der Waals surface area contributed by atoms with Gasteiger partial charge in [0.2, 0.25) is 0 Å². The highest BCUT2D eigenvalue weighted by Gasteiger charge is 2.11. The number of hydrogen-bond acceptors (Lipinski definition) is 2. The van der Waals surface area contributed by atoms with Crippen molar-refractivity contribution >= 4 is 21.6 Å². The lowest BCUT2D eigenvalue weighted by atomic mass is 10.0. The first-order valence-electron chi connectivity index (χ1n) is 6.29. The Morgan fingerprint density at radius 2 is 1.63 bits per heavy atom. The molecule has 100 valence electrons. The number of aryl methyl sites for hydroxylation is 2. The van der Waals surface area contributed by atoms with Crippen molar-refractivity contribution in [2.75, 3.05) is 11.9 Å². The van der Waals surface area contributed by atoms with Gasteiger partial charge in [0.15, 0.2) is 0 Å². The Morgan fingerprint density at radius 3 is 2.16 bits per heavy atom. The lowest BCUT2D eigenvalue weighted by Gasteiger charge is -2.19. The first-order valence-corrected chi connectivity index (χ1v) is 7.09. The summed E-state index contributed by atoms with van der Waals surface area (Å²) in [7, 11) is 0. The predicted octanol–water partition coefficient (Wildman–Crippen LogP) is 4.21. The highest BCUT2D eigenvalue weighted by molar-refractivity contribution is 9.10. The smallest absolute Gasteiger partial charge is 0.0745 e. The van der Waals surface area contributed by atoms with Crippen molar-refractivity contribution in [3.8, 4) is 0 Å². The van der Waals surface area contributed by atoms with Crippen LogP contribution in [0.15, 0.2) is 46.9 Å². The topological polar surface area (TPSA) is 32.3 Å². The lowest BCUT2D eigenvalue weighted by molar-refractivity contribution is 0.276. The van der Waals surface area contributed by atoms with Crippen LogP contribution in [0.5, 0.6) is 0 Å². The molecule has 0 aliphatic rings. The van der Waals surface area contributed by atoms with Crippen LogP contribution in [0.25, 0.3) is 0 Å². The molecule has 0 aliphatic heterocycles. The van der Waals surface area contributed by atoms with E-state index in [-0.39, 0.29) is 12.6 Å². The molecule has 1 atom stereocenters. The third-order valence-corrected chi connectivity index (χ3v) is 3.54. The highest BCUT2D eigenvalue weighted by atomic mass is 79.9. The molecule has 3 heteroatoms. The molecule has 0 aromatic heterocycles. The van der Waals surface area contributed by atoms with Crippen molar-refractivity contribution in [3.63, 3.8) is 0 Å². The summed E-state index contributed by atoms with van der Waals surface area (Å²) < 4.78 is 1.05. The van der Waals surface area contributed by atoms with E-state index in [0.29, 0.717) is 0 Å². The van der Waals surface area contributed by atoms with Gasteiger partial charge in [-0.25, -0.2) is 0 Å². The summed E-state index contributed by atoms with van der Waals surface area (Å²) in [5.74, 6) is 0. The van der Waals surface area contributed by atoms with Crippen LogP contribution >= 0.6 is 15.9 Å². The van der Waals surface area contributed by atoms with Gasteiger partial charge in [0.25, 0.3) is 0 Å². The van der Waals surface area contributed by atoms with Gasteiger partial charge in [-0.3, -0.25) is 0 Å². The molecule has 0 aliphatic carbocycles. The average molecular weight is 320 g/mol. The van der Waals surface area contributed by atoms with Crippen molar-refractivity contribution in [1.82, 2.24) is 0 Å². The van der Waals surface area contributed by atoms with E-state index < -0.39 is 0 Å². The van der Waals surface area contributed by atoms with Gasteiger partial charge in [-0.2, -0.15) is 0 Å². The van der Waals surface area contributed by atoms with Gasteiger partial charge in [-0.05, 0) is 43.7 Å². The fraction of sp³-hybridized carbons (Fsp3) is 0.250. The Morgan fingerprint density at radius 1 is 1.05 bits per heavy atom. The SMILES string of the molecule is Cc1cc(C)cc(C(CO)Nc2ccc(Br)cc2)c1. The van der Waals surface area contributed by atoms with Crippen molar-refractivity contribution in [3.05, 3.63) is 63.6 Å². The molecule has 0 saturated carbocycles. The fourth-order valence-electron chi connectivity index (χ4n) is 2.19. The van der Waals surface area contributed by atoms with Crippen LogP contribution in [-0.4, -0.2) is 11.7 Å². The molecule has 0 bridgehead atoms. The van der Waals surface area contributed by atoms with Crippen LogP contribution in [0.3, 0.4) is 0 Å². The molecule has 2 N–H and O–H groups in total. The van der Waals surface area contributed by atoms with Crippen molar-refractivity contribution in [2.24, 2.45) is 0 Å². The van der Waals surface area contributed by atoms with E-state index in [0.717, 1.165) is 15.7 Å². The summed E-state index contributed by atoms with van der Waals surface area (Å²) in [5, 5.41) is 13.0. The number of aliphatic hydroxyl groups is 1. The van der Waals surface area contributed by atoms with Crippen LogP contribution in [0.1, 0.15) is 22.7 Å². The van der Waals surface area contributed by atoms with Crippen LogP contribution in [0, 0.1) is 13.8 Å². The summed E-state index contributed by atoms with van der Waals surface area (Å²) in [6.07, 6.45) is 0. The fourth-order valence-corrected chi connectivity index (χ4v) is 2.46. The normalized spacial score (nSPS) is 12.2. The number of nitrogens with one attached hydrogen (secondary N) is 1. The number of halogens is 1. The summed E-state index contributed by atoms with van der Waals surface area (Å²) >= 11 is 3.42. The van der Waals surface area contributed by atoms with Gasteiger partial charge in [0.1, 0.15) is 0 Å². The molecule has 0 heterocycles. The highest BCUT2D eigenvalue weighted by Crippen LogP contribution is 2.22. The Hall–Kier alpha value is -1.32. The molecule has 2 rings (SSSR count). The third kappa shape index (κ3) is 3.82. The third-order valence-electron chi connectivity index (χ3n) is 3.01. The lowest BCUT2D eigenvalue weighted by Crippen LogP contribution is -2.15. The predicted molar refractivity (Wildman–Crippen MR) is 83.5 cm³/mol. The van der Waals surface area contributed by atoms with E-state index in [4.69, 9.17) is 0 Å². The maximum absolute atomic E-state index is 9.61. The first-order chi connectivity index (χ1) is 9.08. The number of aliphatic hydroxyl groups excluding tert-OH is 1.